The van der Waals surface area contributed by atoms with Crippen molar-refractivity contribution in [2.75, 3.05) is 0 Å². The highest BCUT2D eigenvalue weighted by atomic mass is 16.6. The third-order valence-corrected chi connectivity index (χ3v) is 3.88. The Morgan fingerprint density at radius 3 is 2.85 bits per heavy atom. The Morgan fingerprint density at radius 1 is 1.31 bits per heavy atom. The molecule has 0 aromatic carbocycles. The summed E-state index contributed by atoms with van der Waals surface area (Å²) < 4.78 is 5.54. The topological polar surface area (TPSA) is 12.5 Å². The van der Waals surface area contributed by atoms with Crippen molar-refractivity contribution in [3.05, 3.63) is 0 Å². The summed E-state index contributed by atoms with van der Waals surface area (Å²) in [7, 11) is 0. The van der Waals surface area contributed by atoms with Crippen molar-refractivity contribution in [2.24, 2.45) is 11.8 Å². The summed E-state index contributed by atoms with van der Waals surface area (Å²) in [5.74, 6) is 1.91. The molecule has 0 aromatic heterocycles. The van der Waals surface area contributed by atoms with Crippen LogP contribution in [0.15, 0.2) is 0 Å². The summed E-state index contributed by atoms with van der Waals surface area (Å²) in [5, 5.41) is 0. The molecule has 1 nitrogen and oxygen atoms in total. The number of hydrogen-bond donors (Lipinski definition) is 0. The molecule has 2 aliphatic rings. The van der Waals surface area contributed by atoms with Crippen LogP contribution in [0.3, 0.4) is 0 Å². The minimum atomic E-state index is 0.677. The first-order valence-corrected chi connectivity index (χ1v) is 5.95. The van der Waals surface area contributed by atoms with Gasteiger partial charge in [-0.25, -0.2) is 0 Å². The summed E-state index contributed by atoms with van der Waals surface area (Å²) in [6.07, 6.45) is 9.71. The van der Waals surface area contributed by atoms with E-state index in [2.05, 4.69) is 13.8 Å². The molecule has 1 heteroatoms. The lowest BCUT2D eigenvalue weighted by Gasteiger charge is -2.20. The Kier molecular flexibility index (Phi) is 2.92. The molecule has 76 valence electrons. The van der Waals surface area contributed by atoms with Crippen LogP contribution >= 0.6 is 0 Å². The molecule has 1 heterocycles. The van der Waals surface area contributed by atoms with Gasteiger partial charge in [0.2, 0.25) is 0 Å². The van der Waals surface area contributed by atoms with Gasteiger partial charge in [0.1, 0.15) is 0 Å². The second-order valence-electron chi connectivity index (χ2n) is 4.98. The maximum absolute atomic E-state index is 5.54. The van der Waals surface area contributed by atoms with Gasteiger partial charge in [0.05, 0.1) is 12.2 Å². The van der Waals surface area contributed by atoms with Gasteiger partial charge in [-0.15, -0.1) is 0 Å². The molecule has 2 fully saturated rings. The summed E-state index contributed by atoms with van der Waals surface area (Å²) in [6, 6.07) is 0. The van der Waals surface area contributed by atoms with E-state index in [1.54, 1.807) is 0 Å². The molecule has 0 radical (unpaired) electrons. The van der Waals surface area contributed by atoms with E-state index in [0.29, 0.717) is 12.2 Å². The van der Waals surface area contributed by atoms with Crippen LogP contribution in [0.5, 0.6) is 0 Å². The van der Waals surface area contributed by atoms with Crippen LogP contribution < -0.4 is 0 Å². The zero-order chi connectivity index (χ0) is 9.26. The predicted octanol–water partition coefficient (Wildman–Crippen LogP) is 3.38. The lowest BCUT2D eigenvalue weighted by molar-refractivity contribution is 0.326. The average molecular weight is 182 g/mol. The highest BCUT2D eigenvalue weighted by Gasteiger charge is 2.43. The highest BCUT2D eigenvalue weighted by Crippen LogP contribution is 2.41. The quantitative estimate of drug-likeness (QED) is 0.607. The fraction of sp³-hybridized carbons (Fsp3) is 1.00. The van der Waals surface area contributed by atoms with Gasteiger partial charge in [-0.2, -0.15) is 0 Å². The zero-order valence-electron chi connectivity index (χ0n) is 8.96. The standard InChI is InChI=1S/C12H22O/c1-3-9(2)4-5-10-6-7-11-12(8-10)13-11/h9-12H,3-8H2,1-2H3. The van der Waals surface area contributed by atoms with E-state index in [1.807, 2.05) is 0 Å². The summed E-state index contributed by atoms with van der Waals surface area (Å²) >= 11 is 0. The number of hydrogen-bond acceptors (Lipinski definition) is 1. The monoisotopic (exact) mass is 182 g/mol. The highest BCUT2D eigenvalue weighted by molar-refractivity contribution is 4.91. The van der Waals surface area contributed by atoms with Crippen LogP contribution in [0.1, 0.15) is 52.4 Å². The SMILES string of the molecule is CCC(C)CCC1CCC2OC2C1. The lowest BCUT2D eigenvalue weighted by Crippen LogP contribution is -2.14. The molecule has 1 aliphatic heterocycles. The van der Waals surface area contributed by atoms with Crippen LogP contribution in [-0.4, -0.2) is 12.2 Å². The van der Waals surface area contributed by atoms with Gasteiger partial charge in [-0.1, -0.05) is 33.1 Å². The van der Waals surface area contributed by atoms with Crippen molar-refractivity contribution in [3.63, 3.8) is 0 Å². The van der Waals surface area contributed by atoms with Crippen LogP contribution in [0.4, 0.5) is 0 Å². The smallest absolute Gasteiger partial charge is 0.0844 e. The Balaban J connectivity index is 1.64. The van der Waals surface area contributed by atoms with Crippen molar-refractivity contribution in [3.8, 4) is 0 Å². The van der Waals surface area contributed by atoms with Gasteiger partial charge in [-0.3, -0.25) is 0 Å². The molecule has 1 aliphatic carbocycles. The minimum absolute atomic E-state index is 0.677. The Morgan fingerprint density at radius 2 is 2.15 bits per heavy atom. The molecule has 0 amide bonds. The maximum Gasteiger partial charge on any atom is 0.0844 e. The first-order valence-electron chi connectivity index (χ1n) is 5.95. The third-order valence-electron chi connectivity index (χ3n) is 3.88. The molecule has 0 aromatic rings. The molecule has 0 spiro atoms. The molecule has 4 unspecified atom stereocenters. The lowest BCUT2D eigenvalue weighted by atomic mass is 9.84. The van der Waals surface area contributed by atoms with Crippen molar-refractivity contribution in [2.45, 2.75) is 64.6 Å². The van der Waals surface area contributed by atoms with Crippen molar-refractivity contribution < 1.29 is 4.74 Å². The van der Waals surface area contributed by atoms with Crippen molar-refractivity contribution in [1.29, 1.82) is 0 Å². The second kappa shape index (κ2) is 4.00. The first-order chi connectivity index (χ1) is 6.29. The van der Waals surface area contributed by atoms with E-state index in [9.17, 15) is 0 Å². The van der Waals surface area contributed by atoms with Gasteiger partial charge in [0.15, 0.2) is 0 Å². The fourth-order valence-electron chi connectivity index (χ4n) is 2.47. The molecule has 1 saturated heterocycles. The van der Waals surface area contributed by atoms with Crippen LogP contribution in [-0.2, 0) is 4.74 Å². The molecular weight excluding hydrogens is 160 g/mol. The summed E-state index contributed by atoms with van der Waals surface area (Å²) in [4.78, 5) is 0. The normalized spacial score (nSPS) is 39.7. The third kappa shape index (κ3) is 2.46. The number of fused-ring (bicyclic) bond motifs is 1. The van der Waals surface area contributed by atoms with Gasteiger partial charge in [0.25, 0.3) is 0 Å². The van der Waals surface area contributed by atoms with E-state index >= 15 is 0 Å². The molecular formula is C12H22O. The average Bonchev–Trinajstić information content (AvgIpc) is 2.91. The predicted molar refractivity (Wildman–Crippen MR) is 54.7 cm³/mol. The van der Waals surface area contributed by atoms with Gasteiger partial charge in [0, 0.05) is 0 Å². The number of ether oxygens (including phenoxy) is 1. The molecule has 4 atom stereocenters. The van der Waals surface area contributed by atoms with Crippen molar-refractivity contribution >= 4 is 0 Å². The maximum atomic E-state index is 5.54. The molecule has 0 bridgehead atoms. The first kappa shape index (κ1) is 9.51. The van der Waals surface area contributed by atoms with Crippen LogP contribution in [0, 0.1) is 11.8 Å². The van der Waals surface area contributed by atoms with Crippen molar-refractivity contribution in [1.82, 2.24) is 0 Å². The van der Waals surface area contributed by atoms with E-state index < -0.39 is 0 Å². The fourth-order valence-corrected chi connectivity index (χ4v) is 2.47. The van der Waals surface area contributed by atoms with E-state index in [0.717, 1.165) is 11.8 Å². The second-order valence-corrected chi connectivity index (χ2v) is 4.98. The number of rotatable bonds is 4. The number of epoxide rings is 1. The Bertz CT molecular complexity index is 167. The van der Waals surface area contributed by atoms with E-state index in [-0.39, 0.29) is 0 Å². The molecule has 13 heavy (non-hydrogen) atoms. The molecule has 0 N–H and O–H groups in total. The van der Waals surface area contributed by atoms with Gasteiger partial charge >= 0.3 is 0 Å². The molecule has 1 saturated carbocycles. The molecule has 2 rings (SSSR count). The zero-order valence-corrected chi connectivity index (χ0v) is 8.96. The van der Waals surface area contributed by atoms with E-state index in [1.165, 1.54) is 38.5 Å². The van der Waals surface area contributed by atoms with Gasteiger partial charge < -0.3 is 4.74 Å². The summed E-state index contributed by atoms with van der Waals surface area (Å²) in [6.45, 7) is 4.67. The largest absolute Gasteiger partial charge is 0.370 e. The van der Waals surface area contributed by atoms with E-state index in [4.69, 9.17) is 4.74 Å². The van der Waals surface area contributed by atoms with Crippen LogP contribution in [0.25, 0.3) is 0 Å². The summed E-state index contributed by atoms with van der Waals surface area (Å²) in [5.41, 5.74) is 0. The minimum Gasteiger partial charge on any atom is -0.370 e. The van der Waals surface area contributed by atoms with Gasteiger partial charge in [-0.05, 0) is 31.1 Å². The Hall–Kier alpha value is -0.0400. The van der Waals surface area contributed by atoms with Crippen LogP contribution in [0.2, 0.25) is 0 Å². The Labute approximate surface area is 81.9 Å².